The fraction of sp³-hybridized carbons (Fsp3) is 0.190. The van der Waals surface area contributed by atoms with Crippen LogP contribution in [0.3, 0.4) is 0 Å². The highest BCUT2D eigenvalue weighted by atomic mass is 19.1. The molecular formula is C21H17FN4O. The minimum Gasteiger partial charge on any atom is -0.472 e. The van der Waals surface area contributed by atoms with Gasteiger partial charge in [-0.1, -0.05) is 30.3 Å². The molecule has 1 aliphatic rings. The lowest BCUT2D eigenvalue weighted by Gasteiger charge is -2.10. The van der Waals surface area contributed by atoms with Crippen molar-refractivity contribution in [1.29, 1.82) is 0 Å². The molecule has 0 saturated heterocycles. The minimum atomic E-state index is -0.223. The van der Waals surface area contributed by atoms with Crippen LogP contribution in [0, 0.1) is 5.82 Å². The van der Waals surface area contributed by atoms with E-state index in [0.717, 1.165) is 35.0 Å². The zero-order valence-electron chi connectivity index (χ0n) is 14.5. The van der Waals surface area contributed by atoms with E-state index in [4.69, 9.17) is 4.74 Å². The molecule has 2 heterocycles. The first-order valence-corrected chi connectivity index (χ1v) is 8.95. The molecular weight excluding hydrogens is 343 g/mol. The standard InChI is InChI=1S/C21H17FN4O/c22-16-8-9-19(17(10-16)15-6-7-15)26-20-18(11-25-26)21(24-13-23-20)27-12-14-4-2-1-3-5-14/h1-5,8-11,13,15H,6-7,12H2. The highest BCUT2D eigenvalue weighted by Crippen LogP contribution is 2.43. The van der Waals surface area contributed by atoms with Crippen LogP contribution < -0.4 is 4.74 Å². The van der Waals surface area contributed by atoms with Gasteiger partial charge in [0, 0.05) is 0 Å². The van der Waals surface area contributed by atoms with Crippen molar-refractivity contribution < 1.29 is 9.13 Å². The summed E-state index contributed by atoms with van der Waals surface area (Å²) in [6.45, 7) is 0.419. The molecule has 2 aromatic carbocycles. The smallest absolute Gasteiger partial charge is 0.228 e. The molecule has 134 valence electrons. The Kier molecular flexibility index (Phi) is 3.81. The van der Waals surface area contributed by atoms with Crippen molar-refractivity contribution in [2.24, 2.45) is 0 Å². The summed E-state index contributed by atoms with van der Waals surface area (Å²) in [5.41, 5.74) is 3.56. The van der Waals surface area contributed by atoms with Crippen molar-refractivity contribution in [2.75, 3.05) is 0 Å². The number of nitrogens with zero attached hydrogens (tertiary/aromatic N) is 4. The summed E-state index contributed by atoms with van der Waals surface area (Å²) < 4.78 is 21.4. The lowest BCUT2D eigenvalue weighted by atomic mass is 10.1. The predicted molar refractivity (Wildman–Crippen MR) is 99.4 cm³/mol. The summed E-state index contributed by atoms with van der Waals surface area (Å²) >= 11 is 0. The van der Waals surface area contributed by atoms with Crippen LogP contribution in [-0.2, 0) is 6.61 Å². The van der Waals surface area contributed by atoms with E-state index in [1.165, 1.54) is 12.4 Å². The molecule has 6 heteroatoms. The monoisotopic (exact) mass is 360 g/mol. The lowest BCUT2D eigenvalue weighted by molar-refractivity contribution is 0.297. The van der Waals surface area contributed by atoms with Gasteiger partial charge in [-0.05, 0) is 48.1 Å². The van der Waals surface area contributed by atoms with Crippen LogP contribution in [0.25, 0.3) is 16.7 Å². The third-order valence-electron chi connectivity index (χ3n) is 4.78. The fourth-order valence-corrected chi connectivity index (χ4v) is 3.28. The SMILES string of the molecule is Fc1ccc(-n2ncc3c(OCc4ccccc4)ncnc32)c(C2CC2)c1. The summed E-state index contributed by atoms with van der Waals surface area (Å²) in [6.07, 6.45) is 5.34. The van der Waals surface area contributed by atoms with Gasteiger partial charge in [-0.2, -0.15) is 5.10 Å². The Bertz CT molecular complexity index is 1110. The predicted octanol–water partition coefficient (Wildman–Crippen LogP) is 4.41. The van der Waals surface area contributed by atoms with Crippen LogP contribution in [0.2, 0.25) is 0 Å². The molecule has 0 spiro atoms. The van der Waals surface area contributed by atoms with Crippen molar-refractivity contribution in [3.63, 3.8) is 0 Å². The second-order valence-corrected chi connectivity index (χ2v) is 6.72. The Morgan fingerprint density at radius 2 is 1.93 bits per heavy atom. The van der Waals surface area contributed by atoms with Gasteiger partial charge in [0.1, 0.15) is 24.1 Å². The van der Waals surface area contributed by atoms with Gasteiger partial charge in [-0.3, -0.25) is 0 Å². The van der Waals surface area contributed by atoms with E-state index in [1.54, 1.807) is 23.0 Å². The number of ether oxygens (including phenoxy) is 1. The third kappa shape index (κ3) is 3.03. The zero-order chi connectivity index (χ0) is 18.2. The second kappa shape index (κ2) is 6.46. The van der Waals surface area contributed by atoms with Crippen molar-refractivity contribution >= 4 is 11.0 Å². The van der Waals surface area contributed by atoms with Gasteiger partial charge in [-0.25, -0.2) is 19.0 Å². The minimum absolute atomic E-state index is 0.223. The summed E-state index contributed by atoms with van der Waals surface area (Å²) in [5, 5.41) is 5.23. The molecule has 0 unspecified atom stereocenters. The maximum absolute atomic E-state index is 13.7. The molecule has 0 atom stereocenters. The highest BCUT2D eigenvalue weighted by Gasteiger charge is 2.28. The molecule has 0 aliphatic heterocycles. The van der Waals surface area contributed by atoms with E-state index in [0.29, 0.717) is 24.1 Å². The molecule has 0 radical (unpaired) electrons. The Morgan fingerprint density at radius 1 is 1.07 bits per heavy atom. The van der Waals surface area contributed by atoms with Crippen molar-refractivity contribution in [3.05, 3.63) is 78.0 Å². The van der Waals surface area contributed by atoms with E-state index in [-0.39, 0.29) is 5.82 Å². The highest BCUT2D eigenvalue weighted by molar-refractivity contribution is 5.81. The largest absolute Gasteiger partial charge is 0.472 e. The molecule has 0 bridgehead atoms. The van der Waals surface area contributed by atoms with E-state index >= 15 is 0 Å². The molecule has 5 nitrogen and oxygen atoms in total. The van der Waals surface area contributed by atoms with Crippen molar-refractivity contribution in [1.82, 2.24) is 19.7 Å². The van der Waals surface area contributed by atoms with Crippen LogP contribution in [0.4, 0.5) is 4.39 Å². The molecule has 0 amide bonds. The van der Waals surface area contributed by atoms with E-state index in [1.807, 2.05) is 30.3 Å². The molecule has 1 saturated carbocycles. The molecule has 1 aliphatic carbocycles. The van der Waals surface area contributed by atoms with Gasteiger partial charge < -0.3 is 4.74 Å². The number of halogens is 1. The van der Waals surface area contributed by atoms with Crippen molar-refractivity contribution in [2.45, 2.75) is 25.4 Å². The van der Waals surface area contributed by atoms with Crippen LogP contribution in [0.15, 0.2) is 61.1 Å². The summed E-state index contributed by atoms with van der Waals surface area (Å²) in [4.78, 5) is 8.66. The molecule has 5 rings (SSSR count). The van der Waals surface area contributed by atoms with Crippen molar-refractivity contribution in [3.8, 4) is 11.6 Å². The normalized spacial score (nSPS) is 13.8. The number of aromatic nitrogens is 4. The van der Waals surface area contributed by atoms with Gasteiger partial charge in [-0.15, -0.1) is 0 Å². The van der Waals surface area contributed by atoms with Gasteiger partial charge in [0.05, 0.1) is 11.9 Å². The number of hydrogen-bond acceptors (Lipinski definition) is 4. The molecule has 1 fully saturated rings. The quantitative estimate of drug-likeness (QED) is 0.529. The fourth-order valence-electron chi connectivity index (χ4n) is 3.28. The summed E-state index contributed by atoms with van der Waals surface area (Å²) in [7, 11) is 0. The van der Waals surface area contributed by atoms with Gasteiger partial charge in [0.25, 0.3) is 0 Å². The number of rotatable bonds is 5. The van der Waals surface area contributed by atoms with Gasteiger partial charge >= 0.3 is 0 Å². The van der Waals surface area contributed by atoms with Gasteiger partial charge in [0.2, 0.25) is 5.88 Å². The number of benzene rings is 2. The van der Waals surface area contributed by atoms with E-state index in [9.17, 15) is 4.39 Å². The number of hydrogen-bond donors (Lipinski definition) is 0. The maximum Gasteiger partial charge on any atom is 0.228 e. The topological polar surface area (TPSA) is 52.8 Å². The first-order chi connectivity index (χ1) is 13.3. The Labute approximate surface area is 155 Å². The number of fused-ring (bicyclic) bond motifs is 1. The van der Waals surface area contributed by atoms with Crippen LogP contribution in [-0.4, -0.2) is 19.7 Å². The van der Waals surface area contributed by atoms with Gasteiger partial charge in [0.15, 0.2) is 5.65 Å². The van der Waals surface area contributed by atoms with Crippen LogP contribution >= 0.6 is 0 Å². The van der Waals surface area contributed by atoms with Crippen LogP contribution in [0.1, 0.15) is 29.9 Å². The summed E-state index contributed by atoms with van der Waals surface area (Å²) in [6, 6.07) is 14.8. The Hall–Kier alpha value is -3.28. The second-order valence-electron chi connectivity index (χ2n) is 6.72. The zero-order valence-corrected chi connectivity index (χ0v) is 14.5. The average Bonchev–Trinajstić information content (AvgIpc) is 3.46. The average molecular weight is 360 g/mol. The molecule has 2 aromatic heterocycles. The maximum atomic E-state index is 13.7. The van der Waals surface area contributed by atoms with Crippen LogP contribution in [0.5, 0.6) is 5.88 Å². The first kappa shape index (κ1) is 15.9. The lowest BCUT2D eigenvalue weighted by Crippen LogP contribution is -2.03. The first-order valence-electron chi connectivity index (χ1n) is 8.95. The Morgan fingerprint density at radius 3 is 2.74 bits per heavy atom. The third-order valence-corrected chi connectivity index (χ3v) is 4.78. The molecule has 27 heavy (non-hydrogen) atoms. The molecule has 4 aromatic rings. The van der Waals surface area contributed by atoms with E-state index < -0.39 is 0 Å². The van der Waals surface area contributed by atoms with E-state index in [2.05, 4.69) is 15.1 Å². The molecule has 0 N–H and O–H groups in total. The summed E-state index contributed by atoms with van der Waals surface area (Å²) in [5.74, 6) is 0.661. The Balaban J connectivity index is 1.53.